The Morgan fingerprint density at radius 3 is 2.77 bits per heavy atom. The van der Waals surface area contributed by atoms with E-state index in [1.807, 2.05) is 4.57 Å². The van der Waals surface area contributed by atoms with Crippen LogP contribution in [0.2, 0.25) is 0 Å². The number of hydrogen-bond acceptors (Lipinski definition) is 4. The Balaban J connectivity index is 1.92. The lowest BCUT2D eigenvalue weighted by atomic mass is 10.2. The molecule has 0 amide bonds. The van der Waals surface area contributed by atoms with Crippen LogP contribution in [0.15, 0.2) is 42.1 Å². The fourth-order valence-corrected chi connectivity index (χ4v) is 3.68. The monoisotopic (exact) mass is 317 g/mol. The van der Waals surface area contributed by atoms with Crippen molar-refractivity contribution in [2.45, 2.75) is 36.2 Å². The lowest BCUT2D eigenvalue weighted by Gasteiger charge is -2.10. The summed E-state index contributed by atoms with van der Waals surface area (Å²) >= 11 is 1.46. The Labute approximate surface area is 132 Å². The average Bonchev–Trinajstić information content (AvgIpc) is 3.09. The molecule has 114 valence electrons. The predicted molar refractivity (Wildman–Crippen MR) is 84.1 cm³/mol. The molecule has 2 aromatic rings. The summed E-state index contributed by atoms with van der Waals surface area (Å²) in [5.74, 6) is 0.652. The van der Waals surface area contributed by atoms with E-state index in [0.717, 1.165) is 18.4 Å². The molecule has 1 aromatic carbocycles. The zero-order valence-corrected chi connectivity index (χ0v) is 12.9. The van der Waals surface area contributed by atoms with Crippen LogP contribution in [-0.4, -0.2) is 25.8 Å². The van der Waals surface area contributed by atoms with Crippen molar-refractivity contribution < 1.29 is 9.18 Å². The highest BCUT2D eigenvalue weighted by Crippen LogP contribution is 2.33. The number of aromatic nitrogens is 3. The van der Waals surface area contributed by atoms with E-state index in [4.69, 9.17) is 0 Å². The van der Waals surface area contributed by atoms with Gasteiger partial charge in [0.05, 0.1) is 5.25 Å². The summed E-state index contributed by atoms with van der Waals surface area (Å²) in [6, 6.07) is 6.15. The van der Waals surface area contributed by atoms with Crippen LogP contribution in [0, 0.1) is 5.82 Å². The number of allylic oxidation sites excluding steroid dienone is 1. The maximum atomic E-state index is 13.1. The molecule has 1 unspecified atom stereocenters. The molecule has 22 heavy (non-hydrogen) atoms. The molecule has 1 saturated carbocycles. The maximum absolute atomic E-state index is 13.1. The summed E-state index contributed by atoms with van der Waals surface area (Å²) in [6.45, 7) is 4.30. The highest BCUT2D eigenvalue weighted by atomic mass is 32.2. The predicted octanol–water partition coefficient (Wildman–Crippen LogP) is 3.48. The smallest absolute Gasteiger partial charge is 0.192 e. The van der Waals surface area contributed by atoms with Crippen LogP contribution in [0.5, 0.6) is 0 Å². The second kappa shape index (κ2) is 6.44. The summed E-state index contributed by atoms with van der Waals surface area (Å²) in [5, 5.41) is 9.10. The molecule has 1 fully saturated rings. The van der Waals surface area contributed by atoms with Gasteiger partial charge in [0.2, 0.25) is 0 Å². The lowest BCUT2D eigenvalue weighted by Crippen LogP contribution is -2.10. The van der Waals surface area contributed by atoms with E-state index in [9.17, 15) is 9.18 Å². The zero-order chi connectivity index (χ0) is 15.5. The third-order valence-electron chi connectivity index (χ3n) is 3.63. The van der Waals surface area contributed by atoms with E-state index < -0.39 is 0 Å². The number of carbonyl (C=O) groups is 1. The summed E-state index contributed by atoms with van der Waals surface area (Å²) in [4.78, 5) is 11.8. The van der Waals surface area contributed by atoms with Crippen LogP contribution < -0.4 is 0 Å². The number of rotatable bonds is 5. The minimum absolute atomic E-state index is 0.0335. The van der Waals surface area contributed by atoms with Gasteiger partial charge >= 0.3 is 0 Å². The summed E-state index contributed by atoms with van der Waals surface area (Å²) in [5.41, 5.74) is 0.792. The van der Waals surface area contributed by atoms with Crippen molar-refractivity contribution in [3.63, 3.8) is 0 Å². The number of nitrogens with zero attached hydrogens (tertiary/aromatic N) is 3. The first-order valence-electron chi connectivity index (χ1n) is 7.18. The molecular weight excluding hydrogens is 301 g/mol. The van der Waals surface area contributed by atoms with E-state index in [1.54, 1.807) is 18.2 Å². The third-order valence-corrected chi connectivity index (χ3v) is 4.92. The Kier molecular flexibility index (Phi) is 4.38. The maximum Gasteiger partial charge on any atom is 0.192 e. The molecule has 1 aromatic heterocycles. The van der Waals surface area contributed by atoms with E-state index in [2.05, 4.69) is 16.8 Å². The van der Waals surface area contributed by atoms with E-state index in [-0.39, 0.29) is 16.9 Å². The highest BCUT2D eigenvalue weighted by Gasteiger charge is 2.27. The number of ketones is 1. The van der Waals surface area contributed by atoms with Gasteiger partial charge in [0.25, 0.3) is 0 Å². The van der Waals surface area contributed by atoms with Gasteiger partial charge in [0.15, 0.2) is 11.0 Å². The van der Waals surface area contributed by atoms with Crippen molar-refractivity contribution in [1.82, 2.24) is 14.8 Å². The Bertz CT molecular complexity index is 696. The van der Waals surface area contributed by atoms with Crippen LogP contribution >= 0.6 is 11.8 Å². The van der Waals surface area contributed by atoms with Gasteiger partial charge < -0.3 is 0 Å². The number of carbonyl (C=O) groups excluding carboxylic acids is 1. The van der Waals surface area contributed by atoms with Gasteiger partial charge in [-0.2, -0.15) is 0 Å². The largest absolute Gasteiger partial charge is 0.298 e. The van der Waals surface area contributed by atoms with E-state index in [1.165, 1.54) is 23.9 Å². The molecule has 1 aliphatic carbocycles. The van der Waals surface area contributed by atoms with Crippen molar-refractivity contribution in [2.24, 2.45) is 0 Å². The molecule has 0 spiro atoms. The number of Topliss-reactive ketones (excluding diaryl/α,β-unsaturated/α-hetero) is 1. The van der Waals surface area contributed by atoms with Crippen LogP contribution in [0.4, 0.5) is 4.39 Å². The molecule has 1 atom stereocenters. The van der Waals surface area contributed by atoms with Crippen LogP contribution in [0.1, 0.15) is 19.3 Å². The third kappa shape index (κ3) is 2.97. The first-order valence-corrected chi connectivity index (χ1v) is 8.06. The van der Waals surface area contributed by atoms with Gasteiger partial charge in [-0.3, -0.25) is 9.36 Å². The van der Waals surface area contributed by atoms with E-state index in [0.29, 0.717) is 23.9 Å². The van der Waals surface area contributed by atoms with Crippen molar-refractivity contribution in [1.29, 1.82) is 0 Å². The second-order valence-corrected chi connectivity index (χ2v) is 6.35. The Morgan fingerprint density at radius 1 is 1.36 bits per heavy atom. The fraction of sp³-hybridized carbons (Fsp3) is 0.312. The van der Waals surface area contributed by atoms with Gasteiger partial charge in [-0.05, 0) is 37.1 Å². The average molecular weight is 317 g/mol. The first kappa shape index (κ1) is 15.0. The zero-order valence-electron chi connectivity index (χ0n) is 12.0. The van der Waals surface area contributed by atoms with Gasteiger partial charge in [0, 0.05) is 18.5 Å². The normalized spacial score (nSPS) is 17.9. The topological polar surface area (TPSA) is 47.8 Å². The Morgan fingerprint density at radius 2 is 2.14 bits per heavy atom. The van der Waals surface area contributed by atoms with Crippen molar-refractivity contribution in [3.05, 3.63) is 42.7 Å². The van der Waals surface area contributed by atoms with Gasteiger partial charge in [-0.15, -0.1) is 16.8 Å². The molecular formula is C16H16FN3OS. The van der Waals surface area contributed by atoms with Gasteiger partial charge in [0.1, 0.15) is 11.6 Å². The second-order valence-electron chi connectivity index (χ2n) is 5.18. The molecule has 0 saturated heterocycles. The first-order chi connectivity index (χ1) is 10.7. The molecule has 0 bridgehead atoms. The summed E-state index contributed by atoms with van der Waals surface area (Å²) in [7, 11) is 0. The van der Waals surface area contributed by atoms with Crippen LogP contribution in [0.3, 0.4) is 0 Å². The van der Waals surface area contributed by atoms with Gasteiger partial charge in [-0.25, -0.2) is 4.39 Å². The number of hydrogen-bond donors (Lipinski definition) is 0. The number of halogens is 1. The van der Waals surface area contributed by atoms with Crippen LogP contribution in [-0.2, 0) is 11.3 Å². The summed E-state index contributed by atoms with van der Waals surface area (Å²) in [6.07, 6.45) is 4.24. The van der Waals surface area contributed by atoms with Crippen LogP contribution in [0.25, 0.3) is 11.4 Å². The summed E-state index contributed by atoms with van der Waals surface area (Å²) < 4.78 is 15.0. The molecule has 4 nitrogen and oxygen atoms in total. The quantitative estimate of drug-likeness (QED) is 0.792. The minimum atomic E-state index is -0.287. The molecule has 0 N–H and O–H groups in total. The molecule has 1 aliphatic rings. The van der Waals surface area contributed by atoms with E-state index >= 15 is 0 Å². The molecule has 6 heteroatoms. The SMILES string of the molecule is C=CCn1c(SC2CCCC2=O)nnc1-c1ccc(F)cc1. The minimum Gasteiger partial charge on any atom is -0.298 e. The number of thioether (sulfide) groups is 1. The fourth-order valence-electron chi connectivity index (χ4n) is 2.52. The van der Waals surface area contributed by atoms with Gasteiger partial charge in [-0.1, -0.05) is 17.8 Å². The molecule has 3 rings (SSSR count). The Hall–Kier alpha value is -1.95. The lowest BCUT2D eigenvalue weighted by molar-refractivity contribution is -0.116. The molecule has 1 heterocycles. The standard InChI is InChI=1S/C16H16FN3OS/c1-2-10-20-15(11-6-8-12(17)9-7-11)18-19-16(20)22-14-5-3-4-13(14)21/h2,6-9,14H,1,3-5,10H2. The highest BCUT2D eigenvalue weighted by molar-refractivity contribution is 8.00. The van der Waals surface area contributed by atoms with Crippen molar-refractivity contribution in [3.8, 4) is 11.4 Å². The van der Waals surface area contributed by atoms with Crippen molar-refractivity contribution >= 4 is 17.5 Å². The molecule has 0 aliphatic heterocycles. The molecule has 0 radical (unpaired) electrons. The van der Waals surface area contributed by atoms with Crippen molar-refractivity contribution in [2.75, 3.05) is 0 Å². The number of benzene rings is 1.